The third kappa shape index (κ3) is 6.06. The lowest BCUT2D eigenvalue weighted by Gasteiger charge is -2.36. The molecular formula is C26H45N3. The fourth-order valence-electron chi connectivity index (χ4n) is 5.13. The maximum Gasteiger partial charge on any atom is 0.0202 e. The van der Waals surface area contributed by atoms with Crippen molar-refractivity contribution in [3.05, 3.63) is 36.0 Å². The van der Waals surface area contributed by atoms with Crippen LogP contribution in [0.5, 0.6) is 0 Å². The minimum Gasteiger partial charge on any atom is -0.299 e. The van der Waals surface area contributed by atoms with Crippen molar-refractivity contribution >= 4 is 0 Å². The van der Waals surface area contributed by atoms with Crippen LogP contribution in [0.2, 0.25) is 0 Å². The Morgan fingerprint density at radius 1 is 0.793 bits per heavy atom. The van der Waals surface area contributed by atoms with Crippen LogP contribution >= 0.6 is 0 Å². The fourth-order valence-corrected chi connectivity index (χ4v) is 5.13. The van der Waals surface area contributed by atoms with Gasteiger partial charge in [-0.2, -0.15) is 0 Å². The van der Waals surface area contributed by atoms with E-state index in [1.165, 1.54) is 39.0 Å². The Hall–Kier alpha value is -0.900. The standard InChI is InChI=1S/C26H45N3/c1-20(2)27-14-8-7-10-23(16-27)25-12-13-26(19-29(18-25)22(5)6)24-11-9-15-28(17-24)21(3)4/h7-8,11-13,20-23,25-26H,9-10,14-19H2,1-6H3. The third-order valence-electron chi connectivity index (χ3n) is 7.36. The van der Waals surface area contributed by atoms with Crippen molar-refractivity contribution in [1.29, 1.82) is 0 Å². The van der Waals surface area contributed by atoms with Crippen molar-refractivity contribution in [2.45, 2.75) is 72.5 Å². The summed E-state index contributed by atoms with van der Waals surface area (Å²) in [5.74, 6) is 1.95. The Morgan fingerprint density at radius 3 is 2.21 bits per heavy atom. The molecule has 0 bridgehead atoms. The highest BCUT2D eigenvalue weighted by Crippen LogP contribution is 2.31. The van der Waals surface area contributed by atoms with E-state index in [-0.39, 0.29) is 0 Å². The predicted octanol–water partition coefficient (Wildman–Crippen LogP) is 4.83. The van der Waals surface area contributed by atoms with E-state index >= 15 is 0 Å². The molecule has 0 aromatic rings. The van der Waals surface area contributed by atoms with Crippen molar-refractivity contribution in [2.75, 3.05) is 39.3 Å². The van der Waals surface area contributed by atoms with Gasteiger partial charge < -0.3 is 0 Å². The summed E-state index contributed by atoms with van der Waals surface area (Å²) >= 11 is 0. The summed E-state index contributed by atoms with van der Waals surface area (Å²) in [6, 6.07) is 1.87. The molecule has 3 rings (SSSR count). The molecule has 3 heteroatoms. The van der Waals surface area contributed by atoms with Crippen LogP contribution in [0.3, 0.4) is 0 Å². The van der Waals surface area contributed by atoms with Crippen LogP contribution in [-0.2, 0) is 0 Å². The van der Waals surface area contributed by atoms with Gasteiger partial charge in [0.2, 0.25) is 0 Å². The molecule has 3 nitrogen and oxygen atoms in total. The maximum atomic E-state index is 2.75. The Morgan fingerprint density at radius 2 is 1.52 bits per heavy atom. The number of hydrogen-bond acceptors (Lipinski definition) is 3. The zero-order valence-electron chi connectivity index (χ0n) is 19.8. The monoisotopic (exact) mass is 399 g/mol. The third-order valence-corrected chi connectivity index (χ3v) is 7.36. The summed E-state index contributed by atoms with van der Waals surface area (Å²) in [6.45, 7) is 21.2. The molecule has 0 aliphatic carbocycles. The quantitative estimate of drug-likeness (QED) is 0.613. The molecule has 0 N–H and O–H groups in total. The zero-order valence-corrected chi connectivity index (χ0v) is 19.8. The van der Waals surface area contributed by atoms with Gasteiger partial charge in [-0.05, 0) is 66.2 Å². The van der Waals surface area contributed by atoms with Crippen LogP contribution < -0.4 is 0 Å². The first kappa shape index (κ1) is 22.8. The van der Waals surface area contributed by atoms with Gasteiger partial charge in [0.15, 0.2) is 0 Å². The molecule has 0 saturated carbocycles. The second-order valence-corrected chi connectivity index (χ2v) is 10.3. The molecule has 3 aliphatic heterocycles. The normalized spacial score (nSPS) is 30.8. The van der Waals surface area contributed by atoms with Crippen molar-refractivity contribution in [3.63, 3.8) is 0 Å². The van der Waals surface area contributed by atoms with Crippen LogP contribution in [-0.4, -0.2) is 72.1 Å². The Bertz CT molecular complexity index is 601. The van der Waals surface area contributed by atoms with Gasteiger partial charge in [-0.3, -0.25) is 14.7 Å². The van der Waals surface area contributed by atoms with Gasteiger partial charge in [0.25, 0.3) is 0 Å². The van der Waals surface area contributed by atoms with Gasteiger partial charge in [-0.15, -0.1) is 0 Å². The van der Waals surface area contributed by atoms with E-state index in [9.17, 15) is 0 Å². The molecule has 164 valence electrons. The average Bonchev–Trinajstić information content (AvgIpc) is 3.07. The first-order valence-electron chi connectivity index (χ1n) is 12.1. The summed E-state index contributed by atoms with van der Waals surface area (Å²) in [4.78, 5) is 8.04. The van der Waals surface area contributed by atoms with Crippen molar-refractivity contribution < 1.29 is 0 Å². The number of rotatable bonds is 5. The van der Waals surface area contributed by atoms with E-state index in [0.717, 1.165) is 19.0 Å². The smallest absolute Gasteiger partial charge is 0.0202 e. The fraction of sp³-hybridized carbons (Fsp3) is 0.769. The lowest BCUT2D eigenvalue weighted by Crippen LogP contribution is -2.42. The summed E-state index contributed by atoms with van der Waals surface area (Å²) in [5, 5.41) is 0. The zero-order chi connectivity index (χ0) is 21.0. The van der Waals surface area contributed by atoms with Crippen molar-refractivity contribution in [1.82, 2.24) is 14.7 Å². The molecule has 3 atom stereocenters. The first-order valence-corrected chi connectivity index (χ1v) is 12.1. The van der Waals surface area contributed by atoms with E-state index in [1.807, 2.05) is 0 Å². The van der Waals surface area contributed by atoms with E-state index < -0.39 is 0 Å². The molecule has 0 aromatic carbocycles. The van der Waals surface area contributed by atoms with E-state index in [0.29, 0.717) is 30.0 Å². The average molecular weight is 400 g/mol. The lowest BCUT2D eigenvalue weighted by atomic mass is 9.87. The second kappa shape index (κ2) is 10.4. The first-order chi connectivity index (χ1) is 13.8. The van der Waals surface area contributed by atoms with Gasteiger partial charge in [-0.25, -0.2) is 0 Å². The summed E-state index contributed by atoms with van der Waals surface area (Å²) in [5.41, 5.74) is 1.65. The van der Waals surface area contributed by atoms with Crippen LogP contribution in [0.4, 0.5) is 0 Å². The minimum atomic E-state index is 0.575. The summed E-state index contributed by atoms with van der Waals surface area (Å²) in [6.07, 6.45) is 15.0. The Balaban J connectivity index is 1.77. The minimum absolute atomic E-state index is 0.575. The van der Waals surface area contributed by atoms with Gasteiger partial charge in [0.1, 0.15) is 0 Å². The van der Waals surface area contributed by atoms with Gasteiger partial charge in [0, 0.05) is 63.3 Å². The van der Waals surface area contributed by atoms with Gasteiger partial charge in [-0.1, -0.05) is 36.0 Å². The maximum absolute atomic E-state index is 2.75. The van der Waals surface area contributed by atoms with Gasteiger partial charge in [0.05, 0.1) is 0 Å². The molecule has 0 saturated heterocycles. The predicted molar refractivity (Wildman–Crippen MR) is 126 cm³/mol. The number of hydrogen-bond donors (Lipinski definition) is 0. The molecule has 3 aliphatic rings. The molecule has 3 heterocycles. The highest BCUT2D eigenvalue weighted by molar-refractivity contribution is 5.20. The highest BCUT2D eigenvalue weighted by Gasteiger charge is 2.31. The molecule has 29 heavy (non-hydrogen) atoms. The Labute approximate surface area is 180 Å². The summed E-state index contributed by atoms with van der Waals surface area (Å²) < 4.78 is 0. The van der Waals surface area contributed by atoms with Gasteiger partial charge >= 0.3 is 0 Å². The van der Waals surface area contributed by atoms with Crippen molar-refractivity contribution in [3.8, 4) is 0 Å². The molecule has 0 spiro atoms. The second-order valence-electron chi connectivity index (χ2n) is 10.3. The highest BCUT2D eigenvalue weighted by atomic mass is 15.2. The topological polar surface area (TPSA) is 9.72 Å². The van der Waals surface area contributed by atoms with E-state index in [4.69, 9.17) is 0 Å². The van der Waals surface area contributed by atoms with E-state index in [2.05, 4.69) is 86.6 Å². The Kier molecular flexibility index (Phi) is 8.18. The summed E-state index contributed by atoms with van der Waals surface area (Å²) in [7, 11) is 0. The molecule has 0 aromatic heterocycles. The van der Waals surface area contributed by atoms with Crippen LogP contribution in [0.1, 0.15) is 54.4 Å². The molecular weight excluding hydrogens is 354 g/mol. The molecule has 0 amide bonds. The van der Waals surface area contributed by atoms with Crippen LogP contribution in [0, 0.1) is 17.8 Å². The molecule has 0 radical (unpaired) electrons. The SMILES string of the molecule is CC(C)N1CCC=C(C2C=CC(C3CC=CCN(C(C)C)C3)CN(C(C)C)C2)C1. The number of nitrogens with zero attached hydrogens (tertiary/aromatic N) is 3. The van der Waals surface area contributed by atoms with E-state index in [1.54, 1.807) is 5.57 Å². The van der Waals surface area contributed by atoms with Crippen molar-refractivity contribution in [2.24, 2.45) is 17.8 Å². The number of allylic oxidation sites excluding steroid dienone is 1. The molecule has 0 fully saturated rings. The lowest BCUT2D eigenvalue weighted by molar-refractivity contribution is 0.142. The molecule has 3 unspecified atom stereocenters. The van der Waals surface area contributed by atoms with Crippen LogP contribution in [0.25, 0.3) is 0 Å². The van der Waals surface area contributed by atoms with Crippen LogP contribution in [0.15, 0.2) is 36.0 Å². The largest absolute Gasteiger partial charge is 0.299 e.